The first kappa shape index (κ1) is 8.10. The lowest BCUT2D eigenvalue weighted by Crippen LogP contribution is -2.36. The second-order valence-corrected chi connectivity index (χ2v) is 3.26. The molecule has 13 heavy (non-hydrogen) atoms. The fourth-order valence-electron chi connectivity index (χ4n) is 1.52. The number of nitrogens with zero attached hydrogens (tertiary/aromatic N) is 1. The molecule has 0 fully saturated rings. The topological polar surface area (TPSA) is 50.4 Å². The zero-order valence-corrected chi connectivity index (χ0v) is 7.40. The van der Waals surface area contributed by atoms with E-state index in [0.29, 0.717) is 12.0 Å². The van der Waals surface area contributed by atoms with Crippen molar-refractivity contribution in [2.24, 2.45) is 10.7 Å². The van der Waals surface area contributed by atoms with Gasteiger partial charge in [0.1, 0.15) is 0 Å². The molecule has 3 heteroatoms. The third-order valence-electron chi connectivity index (χ3n) is 2.16. The van der Waals surface area contributed by atoms with Gasteiger partial charge in [0.15, 0.2) is 5.96 Å². The first-order chi connectivity index (χ1) is 6.34. The van der Waals surface area contributed by atoms with Gasteiger partial charge in [-0.05, 0) is 12.0 Å². The van der Waals surface area contributed by atoms with Crippen molar-refractivity contribution in [3.63, 3.8) is 0 Å². The van der Waals surface area contributed by atoms with Gasteiger partial charge < -0.3 is 11.1 Å². The minimum atomic E-state index is 0.377. The average Bonchev–Trinajstić information content (AvgIpc) is 2.53. The maximum absolute atomic E-state index is 5.52. The summed E-state index contributed by atoms with van der Waals surface area (Å²) in [6.45, 7) is 0.792. The van der Waals surface area contributed by atoms with Gasteiger partial charge in [0.25, 0.3) is 0 Å². The van der Waals surface area contributed by atoms with E-state index in [1.165, 1.54) is 5.56 Å². The Morgan fingerprint density at radius 1 is 1.38 bits per heavy atom. The number of hydrogen-bond acceptors (Lipinski definition) is 3. The summed E-state index contributed by atoms with van der Waals surface area (Å²) in [4.78, 5) is 4.10. The highest BCUT2D eigenvalue weighted by Gasteiger charge is 2.14. The van der Waals surface area contributed by atoms with Crippen molar-refractivity contribution in [3.8, 4) is 0 Å². The maximum Gasteiger partial charge on any atom is 0.188 e. The summed E-state index contributed by atoms with van der Waals surface area (Å²) in [6, 6.07) is 10.7. The molecule has 0 spiro atoms. The highest BCUT2D eigenvalue weighted by molar-refractivity contribution is 5.79. The smallest absolute Gasteiger partial charge is 0.188 e. The number of aliphatic imine (C=N–C) groups is 1. The van der Waals surface area contributed by atoms with Gasteiger partial charge >= 0.3 is 0 Å². The van der Waals surface area contributed by atoms with Crippen molar-refractivity contribution in [1.82, 2.24) is 5.32 Å². The first-order valence-corrected chi connectivity index (χ1v) is 4.45. The van der Waals surface area contributed by atoms with Crippen LogP contribution in [-0.2, 0) is 6.42 Å². The van der Waals surface area contributed by atoms with Gasteiger partial charge in [-0.1, -0.05) is 30.3 Å². The van der Waals surface area contributed by atoms with Crippen molar-refractivity contribution in [2.45, 2.75) is 12.5 Å². The van der Waals surface area contributed by atoms with E-state index >= 15 is 0 Å². The second-order valence-electron chi connectivity index (χ2n) is 3.26. The van der Waals surface area contributed by atoms with E-state index in [-0.39, 0.29) is 0 Å². The molecule has 1 aromatic carbocycles. The van der Waals surface area contributed by atoms with Gasteiger partial charge in [0.05, 0.1) is 12.6 Å². The molecule has 0 aliphatic carbocycles. The standard InChI is InChI=1S/C10H13N3/c11-10-12-7-9(13-10)6-8-4-2-1-3-5-8/h1-5,9H,6-7H2,(H3,11,12,13)/t9-/m1/s1. The van der Waals surface area contributed by atoms with Crippen LogP contribution in [0.2, 0.25) is 0 Å². The van der Waals surface area contributed by atoms with Crippen molar-refractivity contribution < 1.29 is 0 Å². The third kappa shape index (κ3) is 1.99. The van der Waals surface area contributed by atoms with E-state index in [4.69, 9.17) is 5.73 Å². The van der Waals surface area contributed by atoms with Crippen LogP contribution in [0.1, 0.15) is 5.56 Å². The minimum absolute atomic E-state index is 0.377. The van der Waals surface area contributed by atoms with Crippen molar-refractivity contribution in [1.29, 1.82) is 0 Å². The third-order valence-corrected chi connectivity index (χ3v) is 2.16. The summed E-state index contributed by atoms with van der Waals surface area (Å²) in [5.41, 5.74) is 6.84. The summed E-state index contributed by atoms with van der Waals surface area (Å²) in [5.74, 6) is 0.570. The van der Waals surface area contributed by atoms with E-state index in [1.54, 1.807) is 0 Å². The molecule has 1 aliphatic rings. The van der Waals surface area contributed by atoms with Crippen LogP contribution in [0.5, 0.6) is 0 Å². The number of benzene rings is 1. The van der Waals surface area contributed by atoms with E-state index in [0.717, 1.165) is 13.0 Å². The fraction of sp³-hybridized carbons (Fsp3) is 0.300. The van der Waals surface area contributed by atoms with Crippen molar-refractivity contribution in [2.75, 3.05) is 6.54 Å². The lowest BCUT2D eigenvalue weighted by atomic mass is 10.1. The summed E-state index contributed by atoms with van der Waals surface area (Å²) < 4.78 is 0. The van der Waals surface area contributed by atoms with Crippen LogP contribution in [0.3, 0.4) is 0 Å². The number of nitrogens with two attached hydrogens (primary N) is 1. The monoisotopic (exact) mass is 175 g/mol. The van der Waals surface area contributed by atoms with Gasteiger partial charge in [-0.2, -0.15) is 0 Å². The highest BCUT2D eigenvalue weighted by atomic mass is 15.2. The Hall–Kier alpha value is -1.51. The molecule has 3 N–H and O–H groups in total. The molecule has 0 aromatic heterocycles. The van der Waals surface area contributed by atoms with Crippen LogP contribution in [-0.4, -0.2) is 18.5 Å². The predicted octanol–water partition coefficient (Wildman–Crippen LogP) is 0.516. The molecule has 1 heterocycles. The summed E-state index contributed by atoms with van der Waals surface area (Å²) >= 11 is 0. The van der Waals surface area contributed by atoms with E-state index in [9.17, 15) is 0 Å². The molecule has 0 radical (unpaired) electrons. The molecule has 0 bridgehead atoms. The molecular weight excluding hydrogens is 162 g/mol. The molecule has 2 rings (SSSR count). The molecule has 3 nitrogen and oxygen atoms in total. The molecule has 0 saturated carbocycles. The first-order valence-electron chi connectivity index (χ1n) is 4.45. The van der Waals surface area contributed by atoms with Gasteiger partial charge in [0, 0.05) is 0 Å². The van der Waals surface area contributed by atoms with Crippen LogP contribution in [0, 0.1) is 0 Å². The van der Waals surface area contributed by atoms with E-state index in [1.807, 2.05) is 6.07 Å². The van der Waals surface area contributed by atoms with Gasteiger partial charge in [-0.15, -0.1) is 0 Å². The van der Waals surface area contributed by atoms with Gasteiger partial charge in [0.2, 0.25) is 0 Å². The van der Waals surface area contributed by atoms with Gasteiger partial charge in [-0.3, -0.25) is 4.99 Å². The lowest BCUT2D eigenvalue weighted by molar-refractivity contribution is 0.653. The van der Waals surface area contributed by atoms with Crippen molar-refractivity contribution >= 4 is 5.96 Å². The number of nitrogens with one attached hydrogen (secondary N) is 1. The molecule has 1 atom stereocenters. The van der Waals surface area contributed by atoms with Crippen LogP contribution in [0.4, 0.5) is 0 Å². The number of rotatable bonds is 2. The molecule has 0 saturated heterocycles. The average molecular weight is 175 g/mol. The Labute approximate surface area is 77.7 Å². The Bertz CT molecular complexity index is 305. The zero-order chi connectivity index (χ0) is 9.10. The summed E-state index contributed by atoms with van der Waals surface area (Å²) in [5, 5.41) is 3.13. The zero-order valence-electron chi connectivity index (χ0n) is 7.40. The number of guanidine groups is 1. The summed E-state index contributed by atoms with van der Waals surface area (Å²) in [7, 11) is 0. The normalized spacial score (nSPS) is 20.9. The molecule has 68 valence electrons. The Balaban J connectivity index is 1.94. The molecule has 0 unspecified atom stereocenters. The molecule has 0 amide bonds. The van der Waals surface area contributed by atoms with Crippen molar-refractivity contribution in [3.05, 3.63) is 35.9 Å². The largest absolute Gasteiger partial charge is 0.370 e. The van der Waals surface area contributed by atoms with Gasteiger partial charge in [-0.25, -0.2) is 0 Å². The van der Waals surface area contributed by atoms with E-state index in [2.05, 4.69) is 34.6 Å². The Kier molecular flexibility index (Phi) is 2.17. The highest BCUT2D eigenvalue weighted by Crippen LogP contribution is 2.05. The number of hydrogen-bond donors (Lipinski definition) is 2. The quantitative estimate of drug-likeness (QED) is 0.688. The second kappa shape index (κ2) is 3.47. The van der Waals surface area contributed by atoms with E-state index < -0.39 is 0 Å². The molecular formula is C10H13N3. The van der Waals surface area contributed by atoms with Crippen LogP contribution >= 0.6 is 0 Å². The van der Waals surface area contributed by atoms with Crippen LogP contribution in [0.15, 0.2) is 35.3 Å². The Morgan fingerprint density at radius 2 is 2.15 bits per heavy atom. The van der Waals surface area contributed by atoms with Crippen LogP contribution < -0.4 is 11.1 Å². The molecule has 1 aromatic rings. The maximum atomic E-state index is 5.52. The Morgan fingerprint density at radius 3 is 2.77 bits per heavy atom. The lowest BCUT2D eigenvalue weighted by Gasteiger charge is -2.09. The SMILES string of the molecule is NC1=NC[C@@H](Cc2ccccc2)N1. The minimum Gasteiger partial charge on any atom is -0.370 e. The van der Waals surface area contributed by atoms with Crippen LogP contribution in [0.25, 0.3) is 0 Å². The molecule has 1 aliphatic heterocycles. The summed E-state index contributed by atoms with van der Waals surface area (Å²) in [6.07, 6.45) is 0.991. The fourth-order valence-corrected chi connectivity index (χ4v) is 1.52. The predicted molar refractivity (Wildman–Crippen MR) is 53.6 cm³/mol.